The molecule has 1 aromatic heterocycles. The Labute approximate surface area is 165 Å². The first kappa shape index (κ1) is 17.1. The summed E-state index contributed by atoms with van der Waals surface area (Å²) in [7, 11) is 0. The molecular formula is C24H15FN2O2. The number of hydrogen-bond acceptors (Lipinski definition) is 3. The Kier molecular flexibility index (Phi) is 4.06. The van der Waals surface area contributed by atoms with Gasteiger partial charge < -0.3 is 9.73 Å². The van der Waals surface area contributed by atoms with E-state index in [1.165, 1.54) is 18.2 Å². The summed E-state index contributed by atoms with van der Waals surface area (Å²) in [5.41, 5.74) is 3.21. The van der Waals surface area contributed by atoms with Crippen molar-refractivity contribution in [2.75, 3.05) is 5.32 Å². The number of nitrogens with zero attached hydrogens (tertiary/aromatic N) is 1. The van der Waals surface area contributed by atoms with Gasteiger partial charge in [-0.2, -0.15) is 0 Å². The summed E-state index contributed by atoms with van der Waals surface area (Å²) in [6.07, 6.45) is 0. The highest BCUT2D eigenvalue weighted by atomic mass is 19.1. The number of carbonyl (C=O) groups is 1. The number of rotatable bonds is 3. The van der Waals surface area contributed by atoms with E-state index < -0.39 is 5.82 Å². The summed E-state index contributed by atoms with van der Waals surface area (Å²) >= 11 is 0. The highest BCUT2D eigenvalue weighted by Gasteiger charge is 2.12. The van der Waals surface area contributed by atoms with Crippen LogP contribution in [0.3, 0.4) is 0 Å². The average molecular weight is 382 g/mol. The topological polar surface area (TPSA) is 55.1 Å². The first-order valence-electron chi connectivity index (χ1n) is 9.13. The predicted molar refractivity (Wildman–Crippen MR) is 111 cm³/mol. The van der Waals surface area contributed by atoms with Crippen LogP contribution in [-0.2, 0) is 0 Å². The minimum Gasteiger partial charge on any atom is -0.436 e. The second-order valence-corrected chi connectivity index (χ2v) is 6.69. The highest BCUT2D eigenvalue weighted by molar-refractivity contribution is 6.05. The molecule has 1 N–H and O–H groups in total. The maximum Gasteiger partial charge on any atom is 0.255 e. The number of oxazole rings is 1. The maximum atomic E-state index is 13.3. The lowest BCUT2D eigenvalue weighted by molar-refractivity contribution is 0.102. The number of halogens is 1. The summed E-state index contributed by atoms with van der Waals surface area (Å²) in [4.78, 5) is 16.9. The number of carbonyl (C=O) groups excluding carboxylic acids is 1. The third kappa shape index (κ3) is 3.23. The smallest absolute Gasteiger partial charge is 0.255 e. The minimum atomic E-state index is -0.448. The Balaban J connectivity index is 1.43. The van der Waals surface area contributed by atoms with Crippen molar-refractivity contribution in [3.63, 3.8) is 0 Å². The van der Waals surface area contributed by atoms with Crippen molar-refractivity contribution in [3.05, 3.63) is 96.3 Å². The van der Waals surface area contributed by atoms with Gasteiger partial charge in [0.1, 0.15) is 11.3 Å². The fraction of sp³-hybridized carbons (Fsp3) is 0. The Bertz CT molecular complexity index is 1360. The van der Waals surface area contributed by atoms with Gasteiger partial charge in [-0.05, 0) is 53.9 Å². The van der Waals surface area contributed by atoms with Crippen LogP contribution in [0.2, 0.25) is 0 Å². The largest absolute Gasteiger partial charge is 0.436 e. The van der Waals surface area contributed by atoms with Gasteiger partial charge in [0, 0.05) is 22.2 Å². The van der Waals surface area contributed by atoms with E-state index in [9.17, 15) is 9.18 Å². The Hall–Kier alpha value is -3.99. The zero-order valence-electron chi connectivity index (χ0n) is 15.2. The van der Waals surface area contributed by atoms with Gasteiger partial charge in [-0.3, -0.25) is 4.79 Å². The SMILES string of the molecule is O=C(Nc1ccc(-c2nc3c(ccc4ccccc43)o2)cc1)c1cccc(F)c1. The molecule has 1 amide bonds. The van der Waals surface area contributed by atoms with E-state index in [4.69, 9.17) is 4.42 Å². The van der Waals surface area contributed by atoms with E-state index in [-0.39, 0.29) is 11.5 Å². The molecule has 4 nitrogen and oxygen atoms in total. The molecule has 0 aliphatic carbocycles. The van der Waals surface area contributed by atoms with Crippen LogP contribution in [0.4, 0.5) is 10.1 Å². The van der Waals surface area contributed by atoms with Crippen molar-refractivity contribution in [2.24, 2.45) is 0 Å². The van der Waals surface area contributed by atoms with Crippen molar-refractivity contribution in [1.29, 1.82) is 0 Å². The molecule has 0 aliphatic heterocycles. The van der Waals surface area contributed by atoms with Crippen LogP contribution < -0.4 is 5.32 Å². The van der Waals surface area contributed by atoms with E-state index in [0.29, 0.717) is 11.6 Å². The van der Waals surface area contributed by atoms with Crippen molar-refractivity contribution in [2.45, 2.75) is 0 Å². The summed E-state index contributed by atoms with van der Waals surface area (Å²) in [5.74, 6) is -0.304. The van der Waals surface area contributed by atoms with Crippen LogP contribution in [0.1, 0.15) is 10.4 Å². The molecule has 0 saturated carbocycles. The van der Waals surface area contributed by atoms with E-state index in [2.05, 4.69) is 10.3 Å². The van der Waals surface area contributed by atoms with Gasteiger partial charge in [-0.1, -0.05) is 36.4 Å². The molecule has 5 aromatic rings. The number of anilines is 1. The quantitative estimate of drug-likeness (QED) is 0.414. The molecule has 5 heteroatoms. The van der Waals surface area contributed by atoms with Crippen LogP contribution in [0, 0.1) is 5.82 Å². The van der Waals surface area contributed by atoms with Gasteiger partial charge in [0.15, 0.2) is 5.58 Å². The molecule has 1 heterocycles. The van der Waals surface area contributed by atoms with Crippen LogP contribution in [0.15, 0.2) is 89.3 Å². The lowest BCUT2D eigenvalue weighted by Gasteiger charge is -2.06. The Morgan fingerprint density at radius 3 is 2.55 bits per heavy atom. The molecule has 0 saturated heterocycles. The molecule has 0 unspecified atom stereocenters. The average Bonchev–Trinajstić information content (AvgIpc) is 3.19. The first-order valence-corrected chi connectivity index (χ1v) is 9.13. The molecule has 0 aliphatic rings. The molecule has 0 fully saturated rings. The number of amides is 1. The summed E-state index contributed by atoms with van der Waals surface area (Å²) in [5, 5.41) is 4.91. The third-order valence-electron chi connectivity index (χ3n) is 4.76. The Morgan fingerprint density at radius 1 is 0.897 bits per heavy atom. The molecule has 4 aromatic carbocycles. The van der Waals surface area contributed by atoms with Crippen molar-refractivity contribution in [1.82, 2.24) is 4.98 Å². The minimum absolute atomic E-state index is 0.264. The number of fused-ring (bicyclic) bond motifs is 3. The lowest BCUT2D eigenvalue weighted by Crippen LogP contribution is -2.11. The standard InChI is InChI=1S/C24H15FN2O2/c25-18-6-3-5-17(14-18)23(28)26-19-11-8-16(9-12-19)24-27-22-20-7-2-1-4-15(20)10-13-21(22)29-24/h1-14H,(H,26,28). The maximum absolute atomic E-state index is 13.3. The van der Waals surface area contributed by atoms with Crippen LogP contribution in [0.25, 0.3) is 33.3 Å². The molecule has 29 heavy (non-hydrogen) atoms. The van der Waals surface area contributed by atoms with Gasteiger partial charge in [0.05, 0.1) is 0 Å². The van der Waals surface area contributed by atoms with Crippen LogP contribution >= 0.6 is 0 Å². The molecular weight excluding hydrogens is 367 g/mol. The van der Waals surface area contributed by atoms with E-state index >= 15 is 0 Å². The zero-order valence-corrected chi connectivity index (χ0v) is 15.2. The number of nitrogens with one attached hydrogen (secondary N) is 1. The second-order valence-electron chi connectivity index (χ2n) is 6.69. The predicted octanol–water partition coefficient (Wildman–Crippen LogP) is 6.04. The molecule has 140 valence electrons. The van der Waals surface area contributed by atoms with Crippen LogP contribution in [0.5, 0.6) is 0 Å². The Morgan fingerprint density at radius 2 is 1.72 bits per heavy atom. The second kappa shape index (κ2) is 6.87. The summed E-state index contributed by atoms with van der Waals surface area (Å²) in [6.45, 7) is 0. The fourth-order valence-corrected chi connectivity index (χ4v) is 3.31. The van der Waals surface area contributed by atoms with E-state index in [0.717, 1.165) is 27.4 Å². The fourth-order valence-electron chi connectivity index (χ4n) is 3.31. The summed E-state index contributed by atoms with van der Waals surface area (Å²) < 4.78 is 19.2. The van der Waals surface area contributed by atoms with Crippen LogP contribution in [-0.4, -0.2) is 10.9 Å². The monoisotopic (exact) mass is 382 g/mol. The van der Waals surface area contributed by atoms with Gasteiger partial charge in [-0.25, -0.2) is 9.37 Å². The van der Waals surface area contributed by atoms with E-state index in [1.807, 2.05) is 48.5 Å². The lowest BCUT2D eigenvalue weighted by atomic mass is 10.1. The number of hydrogen-bond donors (Lipinski definition) is 1. The van der Waals surface area contributed by atoms with Crippen molar-refractivity contribution in [3.8, 4) is 11.5 Å². The molecule has 5 rings (SSSR count). The first-order chi connectivity index (χ1) is 14.2. The number of aromatic nitrogens is 1. The molecule has 0 radical (unpaired) electrons. The van der Waals surface area contributed by atoms with Gasteiger partial charge in [0.25, 0.3) is 5.91 Å². The molecule has 0 spiro atoms. The molecule has 0 atom stereocenters. The zero-order chi connectivity index (χ0) is 19.8. The number of benzene rings is 4. The molecule has 0 bridgehead atoms. The van der Waals surface area contributed by atoms with Gasteiger partial charge >= 0.3 is 0 Å². The third-order valence-corrected chi connectivity index (χ3v) is 4.76. The highest BCUT2D eigenvalue weighted by Crippen LogP contribution is 2.30. The van der Waals surface area contributed by atoms with Crippen molar-refractivity contribution >= 4 is 33.5 Å². The van der Waals surface area contributed by atoms with E-state index in [1.54, 1.807) is 18.2 Å². The summed E-state index contributed by atoms with van der Waals surface area (Å²) in [6, 6.07) is 24.7. The normalized spacial score (nSPS) is 11.1. The van der Waals surface area contributed by atoms with Crippen molar-refractivity contribution < 1.29 is 13.6 Å². The van der Waals surface area contributed by atoms with Gasteiger partial charge in [0.2, 0.25) is 5.89 Å². The van der Waals surface area contributed by atoms with Gasteiger partial charge in [-0.15, -0.1) is 0 Å².